The highest BCUT2D eigenvalue weighted by atomic mass is 35.5. The van der Waals surface area contributed by atoms with E-state index in [-0.39, 0.29) is 30.8 Å². The zero-order valence-electron chi connectivity index (χ0n) is 22.7. The molecule has 208 valence electrons. The number of amides is 2. The standard InChI is InChI=1S/C29H40ClN3O4S/c1-4-26(29(35)31-24-15-9-6-10-16-24)32(21-23-13-7-5-8-14-23)28(34)19-12-20-33(38(3,36)37)27-18-11-17-25(30)22(27)2/h5,7-8,11,13-14,17-18,24,26H,4,6,9-10,12,15-16,19-21H2,1-3H3,(H,31,35)/t26-/m0/s1. The predicted octanol–water partition coefficient (Wildman–Crippen LogP) is 5.45. The van der Waals surface area contributed by atoms with Crippen LogP contribution < -0.4 is 9.62 Å². The summed E-state index contributed by atoms with van der Waals surface area (Å²) >= 11 is 6.24. The van der Waals surface area contributed by atoms with E-state index in [0.717, 1.165) is 37.5 Å². The Morgan fingerprint density at radius 3 is 2.37 bits per heavy atom. The molecule has 1 aliphatic rings. The second-order valence-corrected chi connectivity index (χ2v) is 12.4. The van der Waals surface area contributed by atoms with Crippen molar-refractivity contribution in [3.8, 4) is 0 Å². The summed E-state index contributed by atoms with van der Waals surface area (Å²) in [6.45, 7) is 4.15. The number of halogens is 1. The summed E-state index contributed by atoms with van der Waals surface area (Å²) in [4.78, 5) is 28.6. The van der Waals surface area contributed by atoms with Crippen LogP contribution in [0.2, 0.25) is 5.02 Å². The molecule has 38 heavy (non-hydrogen) atoms. The lowest BCUT2D eigenvalue weighted by Gasteiger charge is -2.33. The number of sulfonamides is 1. The Labute approximate surface area is 232 Å². The van der Waals surface area contributed by atoms with Gasteiger partial charge in [-0.05, 0) is 55.9 Å². The van der Waals surface area contributed by atoms with E-state index >= 15 is 0 Å². The average molecular weight is 562 g/mol. The first-order valence-corrected chi connectivity index (χ1v) is 15.7. The van der Waals surface area contributed by atoms with Crippen molar-refractivity contribution >= 4 is 39.1 Å². The SMILES string of the molecule is CC[C@@H](C(=O)NC1CCCCC1)N(Cc1ccccc1)C(=O)CCCN(c1cccc(Cl)c1C)S(C)(=O)=O. The van der Waals surface area contributed by atoms with Gasteiger partial charge in [0.05, 0.1) is 11.9 Å². The molecule has 0 aromatic heterocycles. The number of nitrogens with zero attached hydrogens (tertiary/aromatic N) is 2. The van der Waals surface area contributed by atoms with Gasteiger partial charge in [-0.2, -0.15) is 0 Å². The third-order valence-electron chi connectivity index (χ3n) is 7.19. The molecule has 1 aliphatic carbocycles. The van der Waals surface area contributed by atoms with Crippen LogP contribution in [0.3, 0.4) is 0 Å². The van der Waals surface area contributed by atoms with E-state index in [4.69, 9.17) is 11.6 Å². The van der Waals surface area contributed by atoms with Crippen LogP contribution in [-0.4, -0.2) is 50.0 Å². The van der Waals surface area contributed by atoms with Crippen molar-refractivity contribution in [3.05, 3.63) is 64.7 Å². The topological polar surface area (TPSA) is 86.8 Å². The van der Waals surface area contributed by atoms with E-state index in [1.807, 2.05) is 37.3 Å². The maximum absolute atomic E-state index is 13.6. The molecule has 2 amide bonds. The lowest BCUT2D eigenvalue weighted by molar-refractivity contribution is -0.141. The molecule has 0 bridgehead atoms. The summed E-state index contributed by atoms with van der Waals surface area (Å²) in [7, 11) is -3.59. The van der Waals surface area contributed by atoms with Crippen molar-refractivity contribution in [2.45, 2.75) is 83.8 Å². The first-order chi connectivity index (χ1) is 18.1. The molecule has 2 aromatic rings. The number of hydrogen-bond donors (Lipinski definition) is 1. The maximum Gasteiger partial charge on any atom is 0.243 e. The van der Waals surface area contributed by atoms with Crippen LogP contribution in [0.25, 0.3) is 0 Å². The molecule has 0 radical (unpaired) electrons. The average Bonchev–Trinajstić information content (AvgIpc) is 2.89. The third kappa shape index (κ3) is 8.21. The van der Waals surface area contributed by atoms with Gasteiger partial charge in [-0.1, -0.05) is 74.2 Å². The van der Waals surface area contributed by atoms with Gasteiger partial charge in [0.2, 0.25) is 21.8 Å². The minimum absolute atomic E-state index is 0.115. The number of anilines is 1. The highest BCUT2D eigenvalue weighted by Gasteiger charge is 2.30. The normalized spacial score (nSPS) is 15.1. The Bertz CT molecular complexity index is 1180. The number of nitrogens with one attached hydrogen (secondary N) is 1. The summed E-state index contributed by atoms with van der Waals surface area (Å²) < 4.78 is 26.5. The molecule has 0 saturated heterocycles. The molecule has 3 rings (SSSR count). The van der Waals surface area contributed by atoms with Crippen LogP contribution in [0.5, 0.6) is 0 Å². The van der Waals surface area contributed by atoms with Crippen LogP contribution >= 0.6 is 11.6 Å². The minimum Gasteiger partial charge on any atom is -0.352 e. The Morgan fingerprint density at radius 2 is 1.74 bits per heavy atom. The van der Waals surface area contributed by atoms with Gasteiger partial charge in [-0.25, -0.2) is 8.42 Å². The van der Waals surface area contributed by atoms with Gasteiger partial charge in [-0.15, -0.1) is 0 Å². The minimum atomic E-state index is -3.59. The third-order valence-corrected chi connectivity index (χ3v) is 8.78. The van der Waals surface area contributed by atoms with Gasteiger partial charge in [-0.3, -0.25) is 13.9 Å². The van der Waals surface area contributed by atoms with E-state index in [1.54, 1.807) is 30.0 Å². The molecule has 1 atom stereocenters. The fraction of sp³-hybridized carbons (Fsp3) is 0.517. The second kappa shape index (κ2) is 14.0. The van der Waals surface area contributed by atoms with Gasteiger partial charge in [0, 0.05) is 30.6 Å². The van der Waals surface area contributed by atoms with Gasteiger partial charge in [0.25, 0.3) is 0 Å². The Hall–Kier alpha value is -2.58. The molecule has 7 nitrogen and oxygen atoms in total. The molecule has 1 saturated carbocycles. The van der Waals surface area contributed by atoms with E-state index in [1.165, 1.54) is 10.7 Å². The highest BCUT2D eigenvalue weighted by molar-refractivity contribution is 7.92. The number of hydrogen-bond acceptors (Lipinski definition) is 4. The second-order valence-electron chi connectivity index (χ2n) is 10.1. The van der Waals surface area contributed by atoms with Crippen LogP contribution in [-0.2, 0) is 26.2 Å². The van der Waals surface area contributed by atoms with E-state index in [0.29, 0.717) is 35.7 Å². The summed E-state index contributed by atoms with van der Waals surface area (Å²) in [6, 6.07) is 14.3. The largest absolute Gasteiger partial charge is 0.352 e. The number of benzene rings is 2. The Kier molecular flexibility index (Phi) is 11.0. The molecule has 0 heterocycles. The molecule has 1 fully saturated rings. The van der Waals surface area contributed by atoms with Crippen molar-refractivity contribution in [1.82, 2.24) is 10.2 Å². The van der Waals surface area contributed by atoms with E-state index in [2.05, 4.69) is 5.32 Å². The monoisotopic (exact) mass is 561 g/mol. The molecule has 2 aromatic carbocycles. The molecular weight excluding hydrogens is 522 g/mol. The zero-order valence-corrected chi connectivity index (χ0v) is 24.2. The highest BCUT2D eigenvalue weighted by Crippen LogP contribution is 2.28. The van der Waals surface area contributed by atoms with Gasteiger partial charge >= 0.3 is 0 Å². The van der Waals surface area contributed by atoms with Crippen molar-refractivity contribution in [2.75, 3.05) is 17.1 Å². The molecule has 0 unspecified atom stereocenters. The van der Waals surface area contributed by atoms with Crippen LogP contribution in [0, 0.1) is 6.92 Å². The zero-order chi connectivity index (χ0) is 27.7. The van der Waals surface area contributed by atoms with Gasteiger partial charge < -0.3 is 10.2 Å². The smallest absolute Gasteiger partial charge is 0.243 e. The van der Waals surface area contributed by atoms with Gasteiger partial charge in [0.1, 0.15) is 6.04 Å². The van der Waals surface area contributed by atoms with E-state index in [9.17, 15) is 18.0 Å². The Balaban J connectivity index is 1.75. The molecule has 1 N–H and O–H groups in total. The molecular formula is C29H40ClN3O4S. The lowest BCUT2D eigenvalue weighted by atomic mass is 9.95. The lowest BCUT2D eigenvalue weighted by Crippen LogP contribution is -2.51. The predicted molar refractivity (Wildman–Crippen MR) is 154 cm³/mol. The first-order valence-electron chi connectivity index (χ1n) is 13.5. The molecule has 0 aliphatic heterocycles. The first kappa shape index (κ1) is 30.0. The van der Waals surface area contributed by atoms with Crippen molar-refractivity contribution in [1.29, 1.82) is 0 Å². The summed E-state index contributed by atoms with van der Waals surface area (Å²) in [5.74, 6) is -0.285. The van der Waals surface area contributed by atoms with Crippen molar-refractivity contribution in [3.63, 3.8) is 0 Å². The fourth-order valence-corrected chi connectivity index (χ4v) is 6.28. The summed E-state index contributed by atoms with van der Waals surface area (Å²) in [6.07, 6.45) is 7.43. The molecule has 9 heteroatoms. The maximum atomic E-state index is 13.6. The van der Waals surface area contributed by atoms with Crippen molar-refractivity contribution < 1.29 is 18.0 Å². The van der Waals surface area contributed by atoms with Crippen LogP contribution in [0.4, 0.5) is 5.69 Å². The number of carbonyl (C=O) groups excluding carboxylic acids is 2. The number of rotatable bonds is 12. The van der Waals surface area contributed by atoms with Gasteiger partial charge in [0.15, 0.2) is 0 Å². The summed E-state index contributed by atoms with van der Waals surface area (Å²) in [5, 5.41) is 3.67. The molecule has 0 spiro atoms. The fourth-order valence-electron chi connectivity index (χ4n) is 5.09. The quantitative estimate of drug-likeness (QED) is 0.373. The van der Waals surface area contributed by atoms with E-state index < -0.39 is 16.1 Å². The van der Waals surface area contributed by atoms with Crippen LogP contribution in [0.15, 0.2) is 48.5 Å². The Morgan fingerprint density at radius 1 is 1.05 bits per heavy atom. The van der Waals surface area contributed by atoms with Crippen molar-refractivity contribution in [2.24, 2.45) is 0 Å². The summed E-state index contributed by atoms with van der Waals surface area (Å²) in [5.41, 5.74) is 2.12. The van der Waals surface area contributed by atoms with Crippen LogP contribution in [0.1, 0.15) is 69.4 Å². The number of carbonyl (C=O) groups is 2.